The lowest BCUT2D eigenvalue weighted by Crippen LogP contribution is -3.13. The number of hydrogen-bond donors (Lipinski definition) is 2. The van der Waals surface area contributed by atoms with Crippen LogP contribution in [0.2, 0.25) is 0 Å². The smallest absolute Gasteiger partial charge is 0.169 e. The van der Waals surface area contributed by atoms with Gasteiger partial charge in [-0.1, -0.05) is 60.7 Å². The van der Waals surface area contributed by atoms with Crippen LogP contribution in [0.4, 0.5) is 0 Å². The van der Waals surface area contributed by atoms with Gasteiger partial charge in [0.15, 0.2) is 5.11 Å². The third-order valence-corrected chi connectivity index (χ3v) is 4.99. The monoisotopic (exact) mass is 340 g/mol. The fraction of sp³-hybridized carbons (Fsp3) is 0.350. The van der Waals surface area contributed by atoms with Crippen molar-refractivity contribution >= 4 is 17.3 Å². The normalized spacial score (nSPS) is 15.2. The Balaban J connectivity index is 1.37. The van der Waals surface area contributed by atoms with Crippen molar-refractivity contribution in [2.24, 2.45) is 0 Å². The SMILES string of the molecule is S=C(NCCc1ccccc1)N1CC[NH+](Cc2ccccc2)CC1. The molecule has 1 aliphatic heterocycles. The minimum absolute atomic E-state index is 0.903. The number of thiocarbonyl (C=S) groups is 1. The fourth-order valence-corrected chi connectivity index (χ4v) is 3.44. The first-order chi connectivity index (χ1) is 11.8. The maximum absolute atomic E-state index is 5.56. The number of piperazine rings is 1. The summed E-state index contributed by atoms with van der Waals surface area (Å²) in [7, 11) is 0. The summed E-state index contributed by atoms with van der Waals surface area (Å²) in [6.07, 6.45) is 1.01. The van der Waals surface area contributed by atoms with Crippen LogP contribution in [0.1, 0.15) is 11.1 Å². The Kier molecular flexibility index (Phi) is 6.21. The highest BCUT2D eigenvalue weighted by Gasteiger charge is 2.21. The molecule has 0 spiro atoms. The molecule has 0 radical (unpaired) electrons. The first kappa shape index (κ1) is 16.9. The standard InChI is InChI=1S/C20H25N3S/c24-20(21-12-11-18-7-3-1-4-8-18)23-15-13-22(14-16-23)17-19-9-5-2-6-10-19/h1-10H,11-17H2,(H,21,24)/p+1. The average Bonchev–Trinajstić information content (AvgIpc) is 2.64. The second-order valence-corrected chi connectivity index (χ2v) is 6.75. The van der Waals surface area contributed by atoms with Gasteiger partial charge in [-0.3, -0.25) is 0 Å². The van der Waals surface area contributed by atoms with E-state index in [1.807, 2.05) is 0 Å². The molecule has 0 aliphatic carbocycles. The van der Waals surface area contributed by atoms with E-state index in [1.165, 1.54) is 11.1 Å². The molecule has 4 heteroatoms. The predicted octanol–water partition coefficient (Wildman–Crippen LogP) is 1.50. The molecule has 0 bridgehead atoms. The molecule has 0 unspecified atom stereocenters. The van der Waals surface area contributed by atoms with E-state index in [-0.39, 0.29) is 0 Å². The van der Waals surface area contributed by atoms with Crippen molar-refractivity contribution in [3.05, 3.63) is 71.8 Å². The summed E-state index contributed by atoms with van der Waals surface area (Å²) in [4.78, 5) is 3.96. The second-order valence-electron chi connectivity index (χ2n) is 6.37. The van der Waals surface area contributed by atoms with Crippen molar-refractivity contribution in [1.29, 1.82) is 0 Å². The Morgan fingerprint density at radius 3 is 2.12 bits per heavy atom. The van der Waals surface area contributed by atoms with Gasteiger partial charge >= 0.3 is 0 Å². The Morgan fingerprint density at radius 1 is 0.917 bits per heavy atom. The highest BCUT2D eigenvalue weighted by molar-refractivity contribution is 7.80. The molecule has 0 saturated carbocycles. The van der Waals surface area contributed by atoms with Crippen molar-refractivity contribution in [2.45, 2.75) is 13.0 Å². The maximum Gasteiger partial charge on any atom is 0.169 e. The molecule has 126 valence electrons. The van der Waals surface area contributed by atoms with Gasteiger partial charge in [0, 0.05) is 12.1 Å². The molecule has 1 fully saturated rings. The summed E-state index contributed by atoms with van der Waals surface area (Å²) < 4.78 is 0. The Hall–Kier alpha value is -1.91. The van der Waals surface area contributed by atoms with E-state index in [9.17, 15) is 0 Å². The van der Waals surface area contributed by atoms with Crippen LogP contribution in [0.3, 0.4) is 0 Å². The van der Waals surface area contributed by atoms with Gasteiger partial charge in [-0.15, -0.1) is 0 Å². The molecule has 1 heterocycles. The highest BCUT2D eigenvalue weighted by Crippen LogP contribution is 2.00. The van der Waals surface area contributed by atoms with Gasteiger partial charge in [0.2, 0.25) is 0 Å². The van der Waals surface area contributed by atoms with Gasteiger partial charge in [-0.05, 0) is 24.2 Å². The lowest BCUT2D eigenvalue weighted by atomic mass is 10.1. The number of rotatable bonds is 5. The van der Waals surface area contributed by atoms with E-state index in [2.05, 4.69) is 70.9 Å². The Morgan fingerprint density at radius 2 is 1.50 bits per heavy atom. The summed E-state index contributed by atoms with van der Waals surface area (Å²) in [5, 5.41) is 4.32. The molecule has 0 amide bonds. The lowest BCUT2D eigenvalue weighted by molar-refractivity contribution is -0.917. The molecule has 0 aromatic heterocycles. The molecule has 1 saturated heterocycles. The molecule has 3 rings (SSSR count). The molecule has 2 N–H and O–H groups in total. The van der Waals surface area contributed by atoms with Crippen LogP contribution in [-0.2, 0) is 13.0 Å². The van der Waals surface area contributed by atoms with E-state index in [0.29, 0.717) is 0 Å². The van der Waals surface area contributed by atoms with Crippen molar-refractivity contribution < 1.29 is 4.90 Å². The van der Waals surface area contributed by atoms with E-state index in [0.717, 1.165) is 50.8 Å². The summed E-state index contributed by atoms with van der Waals surface area (Å²) in [5.41, 5.74) is 2.77. The van der Waals surface area contributed by atoms with Gasteiger partial charge in [-0.25, -0.2) is 0 Å². The summed E-state index contributed by atoms with van der Waals surface area (Å²) in [6.45, 7) is 6.40. The van der Waals surface area contributed by atoms with Crippen LogP contribution in [0.5, 0.6) is 0 Å². The number of benzene rings is 2. The van der Waals surface area contributed by atoms with Crippen LogP contribution in [-0.4, -0.2) is 42.7 Å². The van der Waals surface area contributed by atoms with Gasteiger partial charge in [0.25, 0.3) is 0 Å². The zero-order chi connectivity index (χ0) is 16.6. The van der Waals surface area contributed by atoms with Crippen molar-refractivity contribution in [2.75, 3.05) is 32.7 Å². The maximum atomic E-state index is 5.56. The van der Waals surface area contributed by atoms with Crippen molar-refractivity contribution in [3.8, 4) is 0 Å². The zero-order valence-corrected chi connectivity index (χ0v) is 14.9. The van der Waals surface area contributed by atoms with Crippen LogP contribution < -0.4 is 10.2 Å². The van der Waals surface area contributed by atoms with Crippen LogP contribution in [0.15, 0.2) is 60.7 Å². The number of nitrogens with one attached hydrogen (secondary N) is 2. The van der Waals surface area contributed by atoms with E-state index in [1.54, 1.807) is 4.90 Å². The highest BCUT2D eigenvalue weighted by atomic mass is 32.1. The van der Waals surface area contributed by atoms with E-state index < -0.39 is 0 Å². The summed E-state index contributed by atoms with van der Waals surface area (Å²) in [5.74, 6) is 0. The minimum atomic E-state index is 0.903. The minimum Gasteiger partial charge on any atom is -0.362 e. The van der Waals surface area contributed by atoms with Gasteiger partial charge in [0.1, 0.15) is 6.54 Å². The van der Waals surface area contributed by atoms with Crippen LogP contribution in [0.25, 0.3) is 0 Å². The second kappa shape index (κ2) is 8.81. The van der Waals surface area contributed by atoms with Crippen LogP contribution >= 0.6 is 12.2 Å². The summed E-state index contributed by atoms with van der Waals surface area (Å²) >= 11 is 5.56. The molecule has 24 heavy (non-hydrogen) atoms. The molecule has 2 aromatic carbocycles. The van der Waals surface area contributed by atoms with Gasteiger partial charge < -0.3 is 15.1 Å². The molecular formula is C20H26N3S+. The molecule has 2 aromatic rings. The lowest BCUT2D eigenvalue weighted by Gasteiger charge is -2.34. The van der Waals surface area contributed by atoms with Crippen molar-refractivity contribution in [3.63, 3.8) is 0 Å². The first-order valence-electron chi connectivity index (χ1n) is 8.75. The van der Waals surface area contributed by atoms with Gasteiger partial charge in [-0.2, -0.15) is 0 Å². The topological polar surface area (TPSA) is 19.7 Å². The third kappa shape index (κ3) is 5.05. The van der Waals surface area contributed by atoms with Crippen molar-refractivity contribution in [1.82, 2.24) is 10.2 Å². The number of nitrogens with zero attached hydrogens (tertiary/aromatic N) is 1. The summed E-state index contributed by atoms with van der Waals surface area (Å²) in [6, 6.07) is 21.3. The predicted molar refractivity (Wildman–Crippen MR) is 103 cm³/mol. The third-order valence-electron chi connectivity index (χ3n) is 4.59. The zero-order valence-electron chi connectivity index (χ0n) is 14.1. The molecular weight excluding hydrogens is 314 g/mol. The quantitative estimate of drug-likeness (QED) is 0.805. The van der Waals surface area contributed by atoms with E-state index >= 15 is 0 Å². The number of quaternary nitrogens is 1. The first-order valence-corrected chi connectivity index (χ1v) is 9.16. The number of hydrogen-bond acceptors (Lipinski definition) is 1. The fourth-order valence-electron chi connectivity index (χ4n) is 3.16. The van der Waals surface area contributed by atoms with Gasteiger partial charge in [0.05, 0.1) is 26.2 Å². The largest absolute Gasteiger partial charge is 0.362 e. The molecule has 3 nitrogen and oxygen atoms in total. The van der Waals surface area contributed by atoms with Crippen LogP contribution in [0, 0.1) is 0 Å². The molecule has 1 aliphatic rings. The molecule has 0 atom stereocenters. The average molecular weight is 341 g/mol. The Labute approximate surface area is 150 Å². The Bertz CT molecular complexity index is 622. The van der Waals surface area contributed by atoms with E-state index in [4.69, 9.17) is 12.2 Å².